The second-order valence-electron chi connectivity index (χ2n) is 5.96. The lowest BCUT2D eigenvalue weighted by Crippen LogP contribution is -2.30. The average Bonchev–Trinajstić information content (AvgIpc) is 2.35. The third kappa shape index (κ3) is 4.84. The van der Waals surface area contributed by atoms with E-state index < -0.39 is 10.0 Å². The zero-order valence-corrected chi connectivity index (χ0v) is 13.0. The van der Waals surface area contributed by atoms with Gasteiger partial charge < -0.3 is 5.73 Å². The van der Waals surface area contributed by atoms with Crippen LogP contribution >= 0.6 is 0 Å². The Hall–Kier alpha value is -1.07. The summed E-state index contributed by atoms with van der Waals surface area (Å²) >= 11 is 0. The van der Waals surface area contributed by atoms with Crippen molar-refractivity contribution < 1.29 is 8.42 Å². The molecule has 0 unspecified atom stereocenters. The Labute approximate surface area is 116 Å². The quantitative estimate of drug-likeness (QED) is 0.902. The monoisotopic (exact) mass is 284 g/mol. The van der Waals surface area contributed by atoms with Crippen LogP contribution in [0.15, 0.2) is 24.3 Å². The maximum Gasteiger partial charge on any atom is 0.234 e. The molecule has 1 rings (SSSR count). The van der Waals surface area contributed by atoms with Crippen LogP contribution in [0.1, 0.15) is 32.8 Å². The van der Waals surface area contributed by atoms with Crippen LogP contribution in [0.3, 0.4) is 0 Å². The summed E-state index contributed by atoms with van der Waals surface area (Å²) in [5.41, 5.74) is 7.20. The summed E-state index contributed by atoms with van der Waals surface area (Å²) in [5.74, 6) is 0.158. The predicted molar refractivity (Wildman–Crippen MR) is 80.6 cm³/mol. The third-order valence-electron chi connectivity index (χ3n) is 3.06. The lowest BCUT2D eigenvalue weighted by Gasteiger charge is -2.23. The number of hydrogen-bond acceptors (Lipinski definition) is 3. The van der Waals surface area contributed by atoms with Crippen LogP contribution in [0.5, 0.6) is 0 Å². The summed E-state index contributed by atoms with van der Waals surface area (Å²) in [7, 11) is -1.67. The Morgan fingerprint density at radius 2 is 1.68 bits per heavy atom. The highest BCUT2D eigenvalue weighted by Gasteiger charge is 2.21. The molecule has 0 amide bonds. The molecule has 1 aromatic carbocycles. The van der Waals surface area contributed by atoms with Gasteiger partial charge in [-0.05, 0) is 29.5 Å². The number of nitrogens with two attached hydrogens (primary N) is 1. The van der Waals surface area contributed by atoms with Gasteiger partial charge in [-0.2, -0.15) is 0 Å². The van der Waals surface area contributed by atoms with Crippen molar-refractivity contribution >= 4 is 15.7 Å². The molecule has 0 heterocycles. The van der Waals surface area contributed by atoms with E-state index in [9.17, 15) is 8.42 Å². The average molecular weight is 284 g/mol. The summed E-state index contributed by atoms with van der Waals surface area (Å²) in [4.78, 5) is 0. The molecule has 0 aromatic heterocycles. The summed E-state index contributed by atoms with van der Waals surface area (Å²) in [5, 5.41) is 0. The van der Waals surface area contributed by atoms with E-state index >= 15 is 0 Å². The number of sulfonamides is 1. The first kappa shape index (κ1) is 16.0. The summed E-state index contributed by atoms with van der Waals surface area (Å²) in [6.45, 7) is 6.58. The summed E-state index contributed by atoms with van der Waals surface area (Å²) in [6.07, 6.45) is 0.639. The van der Waals surface area contributed by atoms with Crippen LogP contribution in [-0.4, -0.2) is 21.2 Å². The molecule has 0 aliphatic heterocycles. The molecule has 0 aliphatic carbocycles. The Bertz CT molecular complexity index is 501. The second kappa shape index (κ2) is 5.92. The van der Waals surface area contributed by atoms with E-state index in [0.717, 1.165) is 5.56 Å². The molecule has 0 aliphatic rings. The van der Waals surface area contributed by atoms with Gasteiger partial charge in [-0.3, -0.25) is 4.31 Å². The van der Waals surface area contributed by atoms with E-state index in [4.69, 9.17) is 5.73 Å². The first-order chi connectivity index (χ1) is 8.65. The molecule has 0 saturated carbocycles. The molecule has 2 N–H and O–H groups in total. The first-order valence-electron chi connectivity index (χ1n) is 6.41. The largest absolute Gasteiger partial charge is 0.326 e. The third-order valence-corrected chi connectivity index (χ3v) is 4.83. The van der Waals surface area contributed by atoms with Gasteiger partial charge >= 0.3 is 0 Å². The Morgan fingerprint density at radius 1 is 1.16 bits per heavy atom. The number of anilines is 1. The lowest BCUT2D eigenvalue weighted by atomic mass is 9.94. The lowest BCUT2D eigenvalue weighted by molar-refractivity contribution is 0.397. The molecule has 108 valence electrons. The molecule has 0 saturated heterocycles. The van der Waals surface area contributed by atoms with E-state index in [1.807, 2.05) is 32.9 Å². The van der Waals surface area contributed by atoms with Gasteiger partial charge in [-0.25, -0.2) is 8.42 Å². The minimum absolute atomic E-state index is 0.0112. The fraction of sp³-hybridized carbons (Fsp3) is 0.571. The van der Waals surface area contributed by atoms with Gasteiger partial charge in [-0.1, -0.05) is 32.9 Å². The fourth-order valence-corrected chi connectivity index (χ4v) is 3.16. The molecule has 1 aromatic rings. The minimum atomic E-state index is -3.26. The highest BCUT2D eigenvalue weighted by atomic mass is 32.2. The smallest absolute Gasteiger partial charge is 0.234 e. The van der Waals surface area contributed by atoms with Gasteiger partial charge in [-0.15, -0.1) is 0 Å². The van der Waals surface area contributed by atoms with E-state index in [1.165, 1.54) is 4.31 Å². The number of nitrogens with zero attached hydrogens (tertiary/aromatic N) is 1. The van der Waals surface area contributed by atoms with E-state index in [0.29, 0.717) is 18.7 Å². The van der Waals surface area contributed by atoms with Crippen molar-refractivity contribution in [2.45, 2.75) is 33.7 Å². The normalized spacial score (nSPS) is 12.5. The van der Waals surface area contributed by atoms with Crippen molar-refractivity contribution in [3.63, 3.8) is 0 Å². The van der Waals surface area contributed by atoms with Gasteiger partial charge in [0.25, 0.3) is 0 Å². The Balaban J connectivity index is 2.82. The molecule has 5 heteroatoms. The number of hydrogen-bond donors (Lipinski definition) is 1. The highest BCUT2D eigenvalue weighted by Crippen LogP contribution is 2.23. The zero-order valence-electron chi connectivity index (χ0n) is 12.2. The minimum Gasteiger partial charge on any atom is -0.326 e. The van der Waals surface area contributed by atoms with E-state index in [1.54, 1.807) is 19.2 Å². The molecule has 0 atom stereocenters. The molecule has 4 nitrogen and oxygen atoms in total. The van der Waals surface area contributed by atoms with Crippen molar-refractivity contribution in [1.29, 1.82) is 0 Å². The van der Waals surface area contributed by atoms with Crippen molar-refractivity contribution in [2.75, 3.05) is 17.1 Å². The van der Waals surface area contributed by atoms with Gasteiger partial charge in [0.15, 0.2) is 0 Å². The predicted octanol–water partition coefficient (Wildman–Crippen LogP) is 2.35. The summed E-state index contributed by atoms with van der Waals surface area (Å²) in [6, 6.07) is 7.28. The molecule has 0 fully saturated rings. The molecule has 0 spiro atoms. The van der Waals surface area contributed by atoms with Gasteiger partial charge in [0.05, 0.1) is 11.4 Å². The molecule has 0 radical (unpaired) electrons. The topological polar surface area (TPSA) is 63.4 Å². The van der Waals surface area contributed by atoms with Crippen LogP contribution in [0, 0.1) is 5.41 Å². The SMILES string of the molecule is CN(c1ccc(CN)cc1)S(=O)(=O)CCC(C)(C)C. The maximum absolute atomic E-state index is 12.2. The summed E-state index contributed by atoms with van der Waals surface area (Å²) < 4.78 is 25.8. The maximum atomic E-state index is 12.2. The van der Waals surface area contributed by atoms with Crippen molar-refractivity contribution in [2.24, 2.45) is 11.1 Å². The molecule has 19 heavy (non-hydrogen) atoms. The fourth-order valence-electron chi connectivity index (χ4n) is 1.57. The van der Waals surface area contributed by atoms with Crippen LogP contribution in [0.4, 0.5) is 5.69 Å². The van der Waals surface area contributed by atoms with Gasteiger partial charge in [0.2, 0.25) is 10.0 Å². The van der Waals surface area contributed by atoms with Crippen LogP contribution in [0.25, 0.3) is 0 Å². The van der Waals surface area contributed by atoms with Crippen LogP contribution in [-0.2, 0) is 16.6 Å². The number of rotatable bonds is 5. The molecule has 0 bridgehead atoms. The first-order valence-corrected chi connectivity index (χ1v) is 8.02. The zero-order chi connectivity index (χ0) is 14.7. The Morgan fingerprint density at radius 3 is 2.11 bits per heavy atom. The molecular weight excluding hydrogens is 260 g/mol. The van der Waals surface area contributed by atoms with Crippen molar-refractivity contribution in [3.05, 3.63) is 29.8 Å². The van der Waals surface area contributed by atoms with E-state index in [-0.39, 0.29) is 11.2 Å². The van der Waals surface area contributed by atoms with Crippen LogP contribution < -0.4 is 10.0 Å². The highest BCUT2D eigenvalue weighted by molar-refractivity contribution is 7.92. The van der Waals surface area contributed by atoms with E-state index in [2.05, 4.69) is 0 Å². The van der Waals surface area contributed by atoms with Crippen molar-refractivity contribution in [1.82, 2.24) is 0 Å². The Kier molecular flexibility index (Phi) is 4.98. The van der Waals surface area contributed by atoms with Crippen molar-refractivity contribution in [3.8, 4) is 0 Å². The number of benzene rings is 1. The van der Waals surface area contributed by atoms with Gasteiger partial charge in [0.1, 0.15) is 0 Å². The standard InChI is InChI=1S/C14H24N2O2S/c1-14(2,3)9-10-19(17,18)16(4)13-7-5-12(11-15)6-8-13/h5-8H,9-11,15H2,1-4H3. The van der Waals surface area contributed by atoms with Gasteiger partial charge in [0, 0.05) is 13.6 Å². The second-order valence-corrected chi connectivity index (χ2v) is 8.08. The van der Waals surface area contributed by atoms with Crippen LogP contribution in [0.2, 0.25) is 0 Å². The molecular formula is C14H24N2O2S.